The van der Waals surface area contributed by atoms with E-state index in [1.165, 1.54) is 4.90 Å². The molecule has 1 N–H and O–H groups in total. The van der Waals surface area contributed by atoms with Crippen LogP contribution in [-0.2, 0) is 10.1 Å². The van der Waals surface area contributed by atoms with Crippen LogP contribution in [0.5, 0.6) is 0 Å². The Morgan fingerprint density at radius 1 is 1.24 bits per heavy atom. The zero-order valence-corrected chi connectivity index (χ0v) is 13.0. The van der Waals surface area contributed by atoms with Gasteiger partial charge < -0.3 is 0 Å². The molecule has 0 amide bonds. The van der Waals surface area contributed by atoms with Crippen LogP contribution < -0.4 is 0 Å². The molecule has 6 heteroatoms. The van der Waals surface area contributed by atoms with E-state index >= 15 is 0 Å². The maximum absolute atomic E-state index is 10.9. The summed E-state index contributed by atoms with van der Waals surface area (Å²) in [5, 5.41) is 0.260. The summed E-state index contributed by atoms with van der Waals surface area (Å²) in [6, 6.07) is 8.12. The highest BCUT2D eigenvalue weighted by atomic mass is 32.2. The van der Waals surface area contributed by atoms with Crippen molar-refractivity contribution in [3.05, 3.63) is 48.6 Å². The lowest BCUT2D eigenvalue weighted by atomic mass is 10.1. The molecule has 3 rings (SSSR count). The summed E-state index contributed by atoms with van der Waals surface area (Å²) in [5.41, 5.74) is 2.26. The lowest BCUT2D eigenvalue weighted by Gasteiger charge is -2.22. The van der Waals surface area contributed by atoms with Gasteiger partial charge in [-0.15, -0.1) is 11.8 Å². The van der Waals surface area contributed by atoms with Gasteiger partial charge in [0.15, 0.2) is 5.71 Å². The lowest BCUT2D eigenvalue weighted by Crippen LogP contribution is -2.30. The van der Waals surface area contributed by atoms with Crippen molar-refractivity contribution < 1.29 is 17.5 Å². The molecular weight excluding hydrogens is 306 g/mol. The van der Waals surface area contributed by atoms with E-state index in [0.717, 1.165) is 11.4 Å². The molecule has 0 bridgehead atoms. The van der Waals surface area contributed by atoms with Crippen LogP contribution in [0.4, 0.5) is 5.69 Å². The normalized spacial score (nSPS) is 20.3. The Balaban J connectivity index is 1.94. The Hall–Kier alpha value is -1.37. The Bertz CT molecular complexity index is 748. The number of fused-ring (bicyclic) bond motifs is 2. The molecule has 21 heavy (non-hydrogen) atoms. The molecule has 2 aliphatic rings. The molecule has 4 nitrogen and oxygen atoms in total. The summed E-state index contributed by atoms with van der Waals surface area (Å²) in [4.78, 5) is 1.19. The molecule has 0 fully saturated rings. The number of allylic oxidation sites excluding steroid dienone is 3. The lowest BCUT2D eigenvalue weighted by molar-refractivity contribution is -0.443. The molecule has 1 heterocycles. The summed E-state index contributed by atoms with van der Waals surface area (Å²) in [5.74, 6) is -0.212. The van der Waals surface area contributed by atoms with Gasteiger partial charge in [-0.3, -0.25) is 4.55 Å². The van der Waals surface area contributed by atoms with E-state index in [2.05, 4.69) is 22.8 Å². The van der Waals surface area contributed by atoms with Gasteiger partial charge in [0.2, 0.25) is 5.69 Å². The van der Waals surface area contributed by atoms with Crippen LogP contribution in [0.3, 0.4) is 0 Å². The van der Waals surface area contributed by atoms with Crippen LogP contribution in [0.1, 0.15) is 6.42 Å². The van der Waals surface area contributed by atoms with E-state index in [1.54, 1.807) is 11.8 Å². The van der Waals surface area contributed by atoms with Crippen molar-refractivity contribution in [2.75, 3.05) is 12.3 Å². The average Bonchev–Trinajstić information content (AvgIpc) is 2.45. The second kappa shape index (κ2) is 5.79. The van der Waals surface area contributed by atoms with Gasteiger partial charge in [0.1, 0.15) is 11.8 Å². The second-order valence-corrected chi connectivity index (χ2v) is 7.72. The fraction of sp³-hybridized carbons (Fsp3) is 0.267. The van der Waals surface area contributed by atoms with Crippen molar-refractivity contribution in [3.8, 4) is 0 Å². The molecule has 110 valence electrons. The maximum Gasteiger partial charge on any atom is 0.265 e. The highest BCUT2D eigenvalue weighted by Gasteiger charge is 2.32. The molecule has 0 aromatic heterocycles. The number of hydrogen-bond donors (Lipinski definition) is 1. The van der Waals surface area contributed by atoms with Crippen LogP contribution >= 0.6 is 11.8 Å². The molecule has 0 spiro atoms. The standard InChI is InChI=1S/C15H15NO3S2/c17-21(18,19)11-5-10-16-12-6-1-3-8-14(12)20-15-9-4-2-7-13(15)16/h1-4,6-9,14H,5,10-11H2/p+1. The van der Waals surface area contributed by atoms with Crippen LogP contribution in [0.2, 0.25) is 0 Å². The third-order valence-corrected chi connectivity index (χ3v) is 5.52. The van der Waals surface area contributed by atoms with Crippen molar-refractivity contribution in [2.24, 2.45) is 0 Å². The fourth-order valence-corrected chi connectivity index (χ4v) is 4.29. The Kier molecular flexibility index (Phi) is 4.01. The van der Waals surface area contributed by atoms with E-state index in [9.17, 15) is 8.42 Å². The second-order valence-electron chi connectivity index (χ2n) is 4.97. The van der Waals surface area contributed by atoms with Gasteiger partial charge >= 0.3 is 0 Å². The maximum atomic E-state index is 10.9. The van der Waals surface area contributed by atoms with Gasteiger partial charge in [0, 0.05) is 18.6 Å². The molecule has 1 aliphatic heterocycles. The first-order valence-corrected chi connectivity index (χ1v) is 9.23. The number of nitrogens with zero attached hydrogens (tertiary/aromatic N) is 1. The first kappa shape index (κ1) is 14.6. The number of para-hydroxylation sites is 1. The van der Waals surface area contributed by atoms with Gasteiger partial charge in [-0.25, -0.2) is 0 Å². The highest BCUT2D eigenvalue weighted by Crippen LogP contribution is 2.38. The van der Waals surface area contributed by atoms with Gasteiger partial charge in [0.05, 0.1) is 10.6 Å². The number of rotatable bonds is 4. The summed E-state index contributed by atoms with van der Waals surface area (Å²) in [7, 11) is -3.90. The van der Waals surface area contributed by atoms with Gasteiger partial charge in [-0.2, -0.15) is 13.0 Å². The number of hydrogen-bond acceptors (Lipinski definition) is 3. The van der Waals surface area contributed by atoms with Crippen LogP contribution in [0, 0.1) is 0 Å². The SMILES string of the molecule is O=S(=O)(O)CCC[N+]1=C2C=CC=CC2Sc2ccccc21. The van der Waals surface area contributed by atoms with E-state index in [0.29, 0.717) is 13.0 Å². The van der Waals surface area contributed by atoms with Crippen molar-refractivity contribution in [1.82, 2.24) is 0 Å². The summed E-state index contributed by atoms with van der Waals surface area (Å²) in [6.45, 7) is 0.571. The van der Waals surface area contributed by atoms with Gasteiger partial charge in [0.25, 0.3) is 10.1 Å². The van der Waals surface area contributed by atoms with E-state index in [4.69, 9.17) is 4.55 Å². The largest absolute Gasteiger partial charge is 0.286 e. The van der Waals surface area contributed by atoms with Gasteiger partial charge in [-0.1, -0.05) is 30.4 Å². The van der Waals surface area contributed by atoms with E-state index in [1.807, 2.05) is 30.4 Å². The fourth-order valence-electron chi connectivity index (χ4n) is 2.57. The van der Waals surface area contributed by atoms with E-state index < -0.39 is 10.1 Å². The monoisotopic (exact) mass is 322 g/mol. The molecule has 1 unspecified atom stereocenters. The minimum Gasteiger partial charge on any atom is -0.286 e. The third-order valence-electron chi connectivity index (χ3n) is 3.46. The Labute approximate surface area is 128 Å². The van der Waals surface area contributed by atoms with Crippen LogP contribution in [-0.4, -0.2) is 40.8 Å². The number of benzene rings is 1. The summed E-state index contributed by atoms with van der Waals surface area (Å²) >= 11 is 1.80. The minimum atomic E-state index is -3.90. The molecular formula is C15H16NO3S2+. The smallest absolute Gasteiger partial charge is 0.265 e. The van der Waals surface area contributed by atoms with Crippen LogP contribution in [0.25, 0.3) is 0 Å². The zero-order chi connectivity index (χ0) is 14.9. The van der Waals surface area contributed by atoms with Crippen molar-refractivity contribution in [2.45, 2.75) is 16.6 Å². The molecule has 1 atom stereocenters. The molecule has 0 saturated heterocycles. The van der Waals surface area contributed by atoms with Crippen LogP contribution in [0.15, 0.2) is 53.5 Å². The predicted molar refractivity (Wildman–Crippen MR) is 85.2 cm³/mol. The van der Waals surface area contributed by atoms with Gasteiger partial charge in [-0.05, 0) is 6.07 Å². The minimum absolute atomic E-state index is 0.212. The zero-order valence-electron chi connectivity index (χ0n) is 11.3. The highest BCUT2D eigenvalue weighted by molar-refractivity contribution is 8.01. The van der Waals surface area contributed by atoms with Crippen molar-refractivity contribution >= 4 is 33.3 Å². The van der Waals surface area contributed by atoms with E-state index in [-0.39, 0.29) is 11.0 Å². The molecule has 1 aromatic rings. The molecule has 0 radical (unpaired) electrons. The Morgan fingerprint density at radius 2 is 2.05 bits per heavy atom. The summed E-state index contributed by atoms with van der Waals surface area (Å²) < 4.78 is 32.9. The molecule has 0 saturated carbocycles. The first-order valence-electron chi connectivity index (χ1n) is 6.75. The predicted octanol–water partition coefficient (Wildman–Crippen LogP) is 2.65. The molecule has 1 aromatic carbocycles. The topological polar surface area (TPSA) is 57.4 Å². The quantitative estimate of drug-likeness (QED) is 0.684. The summed E-state index contributed by atoms with van der Waals surface area (Å²) in [6.07, 6.45) is 8.64. The Morgan fingerprint density at radius 3 is 2.86 bits per heavy atom. The average molecular weight is 322 g/mol. The third kappa shape index (κ3) is 3.28. The van der Waals surface area contributed by atoms with Crippen molar-refractivity contribution in [3.63, 3.8) is 0 Å². The first-order chi connectivity index (χ1) is 10.0. The van der Waals surface area contributed by atoms with Crippen molar-refractivity contribution in [1.29, 1.82) is 0 Å². The molecule has 1 aliphatic carbocycles. The number of thioether (sulfide) groups is 1.